The molecule has 0 saturated carbocycles. The molecule has 2 aliphatic heterocycles. The van der Waals surface area contributed by atoms with Crippen LogP contribution < -0.4 is 10.7 Å². The number of hydrogen-bond donors (Lipinski definition) is 2. The molecule has 2 N–H and O–H groups in total. The highest BCUT2D eigenvalue weighted by Gasteiger charge is 2.32. The highest BCUT2D eigenvalue weighted by Crippen LogP contribution is 2.14. The zero-order chi connectivity index (χ0) is 13.8. The number of carbonyl (C=O) groups is 2. The zero-order valence-electron chi connectivity index (χ0n) is 11.6. The Bertz CT molecular complexity index is 394. The number of hydrazone groups is 1. The number of rotatable bonds is 3. The zero-order valence-corrected chi connectivity index (χ0v) is 11.6. The first-order valence-corrected chi connectivity index (χ1v) is 7.05. The third-order valence-corrected chi connectivity index (χ3v) is 3.88. The lowest BCUT2D eigenvalue weighted by Crippen LogP contribution is -2.59. The molecule has 2 rings (SSSR count). The summed E-state index contributed by atoms with van der Waals surface area (Å²) in [7, 11) is 0. The fourth-order valence-corrected chi connectivity index (χ4v) is 2.54. The van der Waals surface area contributed by atoms with E-state index in [1.807, 2.05) is 4.90 Å². The molecule has 2 atom stereocenters. The first-order chi connectivity index (χ1) is 9.15. The highest BCUT2D eigenvalue weighted by molar-refractivity contribution is 6.39. The fourth-order valence-electron chi connectivity index (χ4n) is 2.54. The van der Waals surface area contributed by atoms with E-state index in [1.54, 1.807) is 0 Å². The van der Waals surface area contributed by atoms with Crippen molar-refractivity contribution in [3.05, 3.63) is 0 Å². The van der Waals surface area contributed by atoms with Crippen LogP contribution in [-0.2, 0) is 9.59 Å². The Labute approximate surface area is 113 Å². The van der Waals surface area contributed by atoms with Gasteiger partial charge in [-0.2, -0.15) is 5.10 Å². The molecule has 2 aliphatic rings. The Morgan fingerprint density at radius 2 is 2.16 bits per heavy atom. The lowest BCUT2D eigenvalue weighted by molar-refractivity contribution is -0.128. The van der Waals surface area contributed by atoms with E-state index in [9.17, 15) is 9.59 Å². The Hall–Kier alpha value is -1.43. The molecule has 1 fully saturated rings. The summed E-state index contributed by atoms with van der Waals surface area (Å²) < 4.78 is 0. The molecule has 0 spiro atoms. The SMILES string of the molecule is CCC1CN(C(=O)C2=NNC(=O)CC2)C(CC)CN1. The van der Waals surface area contributed by atoms with E-state index >= 15 is 0 Å². The van der Waals surface area contributed by atoms with E-state index in [0.29, 0.717) is 24.6 Å². The van der Waals surface area contributed by atoms with Crippen LogP contribution in [0.2, 0.25) is 0 Å². The maximum Gasteiger partial charge on any atom is 0.270 e. The summed E-state index contributed by atoms with van der Waals surface area (Å²) in [6.45, 7) is 5.76. The van der Waals surface area contributed by atoms with Crippen LogP contribution in [0.25, 0.3) is 0 Å². The van der Waals surface area contributed by atoms with Gasteiger partial charge in [-0.1, -0.05) is 13.8 Å². The van der Waals surface area contributed by atoms with Gasteiger partial charge in [-0.3, -0.25) is 9.59 Å². The van der Waals surface area contributed by atoms with Crippen molar-refractivity contribution >= 4 is 17.5 Å². The van der Waals surface area contributed by atoms with Crippen LogP contribution in [-0.4, -0.2) is 47.6 Å². The molecule has 19 heavy (non-hydrogen) atoms. The molecule has 6 heteroatoms. The van der Waals surface area contributed by atoms with E-state index in [0.717, 1.165) is 25.9 Å². The van der Waals surface area contributed by atoms with E-state index in [2.05, 4.69) is 29.7 Å². The van der Waals surface area contributed by atoms with Crippen molar-refractivity contribution < 1.29 is 9.59 Å². The van der Waals surface area contributed by atoms with Crippen molar-refractivity contribution in [1.82, 2.24) is 15.6 Å². The van der Waals surface area contributed by atoms with Gasteiger partial charge < -0.3 is 10.2 Å². The molecule has 106 valence electrons. The predicted molar refractivity (Wildman–Crippen MR) is 72.7 cm³/mol. The van der Waals surface area contributed by atoms with Gasteiger partial charge in [-0.05, 0) is 12.8 Å². The number of hydrogen-bond acceptors (Lipinski definition) is 4. The quantitative estimate of drug-likeness (QED) is 0.768. The molecular formula is C13H22N4O2. The number of carbonyl (C=O) groups excluding carboxylic acids is 2. The Morgan fingerprint density at radius 1 is 1.37 bits per heavy atom. The molecule has 2 amide bonds. The lowest BCUT2D eigenvalue weighted by Gasteiger charge is -2.40. The lowest BCUT2D eigenvalue weighted by atomic mass is 10.0. The van der Waals surface area contributed by atoms with Gasteiger partial charge in [0, 0.05) is 38.0 Å². The topological polar surface area (TPSA) is 73.8 Å². The predicted octanol–water partition coefficient (Wildman–Crippen LogP) is 0.241. The number of piperazine rings is 1. The van der Waals surface area contributed by atoms with Crippen molar-refractivity contribution in [1.29, 1.82) is 0 Å². The molecule has 0 aromatic rings. The molecule has 6 nitrogen and oxygen atoms in total. The molecule has 2 heterocycles. The maximum atomic E-state index is 12.5. The van der Waals surface area contributed by atoms with E-state index in [1.165, 1.54) is 0 Å². The molecule has 0 bridgehead atoms. The van der Waals surface area contributed by atoms with Gasteiger partial charge in [0.1, 0.15) is 5.71 Å². The summed E-state index contributed by atoms with van der Waals surface area (Å²) in [6.07, 6.45) is 2.73. The van der Waals surface area contributed by atoms with Gasteiger partial charge in [0.2, 0.25) is 5.91 Å². The Kier molecular flexibility index (Phi) is 4.52. The van der Waals surface area contributed by atoms with Gasteiger partial charge >= 0.3 is 0 Å². The minimum Gasteiger partial charge on any atom is -0.332 e. The van der Waals surface area contributed by atoms with Crippen molar-refractivity contribution in [2.24, 2.45) is 5.10 Å². The summed E-state index contributed by atoms with van der Waals surface area (Å²) in [5.41, 5.74) is 2.88. The number of nitrogens with one attached hydrogen (secondary N) is 2. The molecule has 0 aromatic carbocycles. The summed E-state index contributed by atoms with van der Waals surface area (Å²) in [6, 6.07) is 0.571. The standard InChI is InChI=1S/C13H22N4O2/c1-3-9-8-17(10(4-2)7-14-9)13(19)11-5-6-12(18)16-15-11/h9-10,14H,3-8H2,1-2H3,(H,16,18). The fraction of sp³-hybridized carbons (Fsp3) is 0.769. The first kappa shape index (κ1) is 14.0. The van der Waals surface area contributed by atoms with Crippen molar-refractivity contribution in [3.63, 3.8) is 0 Å². The minimum absolute atomic E-state index is 0.0215. The number of nitrogens with zero attached hydrogens (tertiary/aromatic N) is 2. The van der Waals surface area contributed by atoms with Crippen LogP contribution >= 0.6 is 0 Å². The molecule has 0 aromatic heterocycles. The van der Waals surface area contributed by atoms with E-state index in [4.69, 9.17) is 0 Å². The van der Waals surface area contributed by atoms with E-state index < -0.39 is 0 Å². The summed E-state index contributed by atoms with van der Waals surface area (Å²) >= 11 is 0. The van der Waals surface area contributed by atoms with Crippen molar-refractivity contribution in [2.45, 2.75) is 51.6 Å². The van der Waals surface area contributed by atoms with Gasteiger partial charge in [-0.15, -0.1) is 0 Å². The van der Waals surface area contributed by atoms with Gasteiger partial charge in [0.15, 0.2) is 0 Å². The van der Waals surface area contributed by atoms with Gasteiger partial charge in [0.25, 0.3) is 5.91 Å². The van der Waals surface area contributed by atoms with Crippen LogP contribution in [0.4, 0.5) is 0 Å². The largest absolute Gasteiger partial charge is 0.332 e. The summed E-state index contributed by atoms with van der Waals surface area (Å²) in [5.74, 6) is -0.137. The van der Waals surface area contributed by atoms with Gasteiger partial charge in [-0.25, -0.2) is 5.43 Å². The number of amides is 2. The van der Waals surface area contributed by atoms with Crippen molar-refractivity contribution in [3.8, 4) is 0 Å². The third kappa shape index (κ3) is 3.12. The molecule has 1 saturated heterocycles. The smallest absolute Gasteiger partial charge is 0.270 e. The molecule has 2 unspecified atom stereocenters. The monoisotopic (exact) mass is 266 g/mol. The second-order valence-corrected chi connectivity index (χ2v) is 5.13. The average Bonchev–Trinajstić information content (AvgIpc) is 2.46. The summed E-state index contributed by atoms with van der Waals surface area (Å²) in [5, 5.41) is 7.37. The minimum atomic E-state index is -0.115. The summed E-state index contributed by atoms with van der Waals surface area (Å²) in [4.78, 5) is 25.5. The molecular weight excluding hydrogens is 244 g/mol. The highest BCUT2D eigenvalue weighted by atomic mass is 16.2. The van der Waals surface area contributed by atoms with Gasteiger partial charge in [0.05, 0.1) is 0 Å². The second kappa shape index (κ2) is 6.14. The first-order valence-electron chi connectivity index (χ1n) is 7.05. The Balaban J connectivity index is 2.08. The molecule has 0 radical (unpaired) electrons. The van der Waals surface area contributed by atoms with E-state index in [-0.39, 0.29) is 17.9 Å². The van der Waals surface area contributed by atoms with Crippen LogP contribution in [0.15, 0.2) is 5.10 Å². The maximum absolute atomic E-state index is 12.5. The third-order valence-electron chi connectivity index (χ3n) is 3.88. The van der Waals surface area contributed by atoms with Crippen LogP contribution in [0.1, 0.15) is 39.5 Å². The average molecular weight is 266 g/mol. The normalized spacial score (nSPS) is 27.8. The second-order valence-electron chi connectivity index (χ2n) is 5.13. The van der Waals surface area contributed by atoms with Crippen LogP contribution in [0, 0.1) is 0 Å². The molecule has 0 aliphatic carbocycles. The Morgan fingerprint density at radius 3 is 2.74 bits per heavy atom. The van der Waals surface area contributed by atoms with Crippen molar-refractivity contribution in [2.75, 3.05) is 13.1 Å². The van der Waals surface area contributed by atoms with Crippen LogP contribution in [0.5, 0.6) is 0 Å². The van der Waals surface area contributed by atoms with Crippen LogP contribution in [0.3, 0.4) is 0 Å².